The number of hydrogen-bond acceptors (Lipinski definition) is 3. The molecule has 0 aliphatic rings. The molecule has 0 saturated heterocycles. The average molecular weight is 435 g/mol. The van der Waals surface area contributed by atoms with E-state index in [1.54, 1.807) is 0 Å². The quantitative estimate of drug-likeness (QED) is 0.268. The van der Waals surface area contributed by atoms with Crippen molar-refractivity contribution in [3.8, 4) is 22.9 Å². The van der Waals surface area contributed by atoms with Crippen LogP contribution in [0.5, 0.6) is 0 Å². The summed E-state index contributed by atoms with van der Waals surface area (Å²) in [7, 11) is 0. The Morgan fingerprint density at radius 1 is 0.576 bits per heavy atom. The third-order valence-corrected chi connectivity index (χ3v) is 7.09. The molecular weight excluding hydrogens is 404 g/mol. The zero-order valence-corrected chi connectivity index (χ0v) is 19.8. The molecular formula is C30H30N2O. The zero-order valence-electron chi connectivity index (χ0n) is 19.8. The Labute approximate surface area is 195 Å². The van der Waals surface area contributed by atoms with Crippen LogP contribution < -0.4 is 0 Å². The minimum atomic E-state index is 0.498. The van der Waals surface area contributed by atoms with Crippen molar-refractivity contribution in [2.75, 3.05) is 0 Å². The zero-order chi connectivity index (χ0) is 22.9. The summed E-state index contributed by atoms with van der Waals surface area (Å²) in [6, 6.07) is 25.7. The van der Waals surface area contributed by atoms with E-state index in [1.165, 1.54) is 21.9 Å². The molecule has 0 spiro atoms. The van der Waals surface area contributed by atoms with Crippen LogP contribution in [-0.2, 0) is 0 Å². The maximum atomic E-state index is 6.30. The molecule has 5 rings (SSSR count). The van der Waals surface area contributed by atoms with Crippen molar-refractivity contribution in [3.05, 3.63) is 83.9 Å². The van der Waals surface area contributed by atoms with E-state index in [4.69, 9.17) is 4.42 Å². The van der Waals surface area contributed by atoms with Gasteiger partial charge in [-0.3, -0.25) is 0 Å². The summed E-state index contributed by atoms with van der Waals surface area (Å²) in [5, 5.41) is 13.8. The highest BCUT2D eigenvalue weighted by Gasteiger charge is 2.18. The van der Waals surface area contributed by atoms with E-state index in [9.17, 15) is 0 Å². The van der Waals surface area contributed by atoms with Gasteiger partial charge in [0.2, 0.25) is 11.8 Å². The lowest BCUT2D eigenvalue weighted by molar-refractivity contribution is 0.585. The molecule has 5 aromatic rings. The number of hydrogen-bond donors (Lipinski definition) is 0. The lowest BCUT2D eigenvalue weighted by Crippen LogP contribution is -1.94. The van der Waals surface area contributed by atoms with Gasteiger partial charge in [-0.1, -0.05) is 88.4 Å². The molecule has 0 saturated carbocycles. The van der Waals surface area contributed by atoms with Crippen molar-refractivity contribution < 1.29 is 4.42 Å². The molecule has 0 aliphatic heterocycles. The van der Waals surface area contributed by atoms with Gasteiger partial charge in [0.15, 0.2) is 0 Å². The molecule has 0 radical (unpaired) electrons. The molecule has 2 unspecified atom stereocenters. The maximum absolute atomic E-state index is 6.30. The first-order valence-electron chi connectivity index (χ1n) is 12.0. The summed E-state index contributed by atoms with van der Waals surface area (Å²) in [6.45, 7) is 9.02. The first kappa shape index (κ1) is 21.4. The van der Waals surface area contributed by atoms with Crippen LogP contribution in [0.1, 0.15) is 63.5 Å². The van der Waals surface area contributed by atoms with Crippen LogP contribution >= 0.6 is 0 Å². The van der Waals surface area contributed by atoms with Crippen LogP contribution in [0.4, 0.5) is 0 Å². The SMILES string of the molecule is CCC(C)c1ccc(-c2nnc(-c3ccc(C(C)CC)c4ccccc34)o2)c2ccccc12. The van der Waals surface area contributed by atoms with Gasteiger partial charge in [-0.25, -0.2) is 0 Å². The molecule has 4 aromatic carbocycles. The van der Waals surface area contributed by atoms with Crippen molar-refractivity contribution in [3.63, 3.8) is 0 Å². The van der Waals surface area contributed by atoms with Gasteiger partial charge in [0, 0.05) is 11.1 Å². The van der Waals surface area contributed by atoms with Gasteiger partial charge in [-0.15, -0.1) is 10.2 Å². The summed E-state index contributed by atoms with van der Waals surface area (Å²) >= 11 is 0. The fraction of sp³-hybridized carbons (Fsp3) is 0.267. The average Bonchev–Trinajstić information content (AvgIpc) is 3.36. The standard InChI is InChI=1S/C30H30N2O/c1-5-19(3)21-15-17-27(25-13-9-7-11-23(21)25)29-31-32-30(33-29)28-18-16-22(20(4)6-2)24-12-8-10-14-26(24)28/h7-20H,5-6H2,1-4H3. The minimum absolute atomic E-state index is 0.498. The van der Waals surface area contributed by atoms with Crippen LogP contribution in [0.2, 0.25) is 0 Å². The highest BCUT2D eigenvalue weighted by Crippen LogP contribution is 2.37. The van der Waals surface area contributed by atoms with Crippen molar-refractivity contribution >= 4 is 21.5 Å². The van der Waals surface area contributed by atoms with Crippen molar-refractivity contribution in [1.29, 1.82) is 0 Å². The third kappa shape index (κ3) is 3.72. The summed E-state index contributed by atoms with van der Waals surface area (Å²) in [5.41, 5.74) is 4.69. The van der Waals surface area contributed by atoms with Gasteiger partial charge < -0.3 is 4.42 Å². The number of benzene rings is 4. The van der Waals surface area contributed by atoms with Gasteiger partial charge in [-0.05, 0) is 69.5 Å². The predicted octanol–water partition coefficient (Wildman–Crippen LogP) is 8.74. The van der Waals surface area contributed by atoms with Crippen molar-refractivity contribution in [1.82, 2.24) is 10.2 Å². The fourth-order valence-electron chi connectivity index (χ4n) is 4.76. The van der Waals surface area contributed by atoms with Crippen LogP contribution in [0.15, 0.2) is 77.2 Å². The fourth-order valence-corrected chi connectivity index (χ4v) is 4.76. The first-order chi connectivity index (χ1) is 16.1. The van der Waals surface area contributed by atoms with E-state index in [2.05, 4.69) is 111 Å². The topological polar surface area (TPSA) is 38.9 Å². The van der Waals surface area contributed by atoms with Crippen molar-refractivity contribution in [2.45, 2.75) is 52.4 Å². The van der Waals surface area contributed by atoms with Crippen LogP contribution in [-0.4, -0.2) is 10.2 Å². The molecule has 3 heteroatoms. The summed E-state index contributed by atoms with van der Waals surface area (Å²) in [5.74, 6) is 2.12. The Hall–Kier alpha value is -3.46. The van der Waals surface area contributed by atoms with Crippen LogP contribution in [0, 0.1) is 0 Å². The van der Waals surface area contributed by atoms with Gasteiger partial charge >= 0.3 is 0 Å². The normalized spacial score (nSPS) is 13.5. The van der Waals surface area contributed by atoms with E-state index in [1.807, 2.05) is 0 Å². The molecule has 1 heterocycles. The molecule has 0 bridgehead atoms. The Morgan fingerprint density at radius 2 is 0.970 bits per heavy atom. The summed E-state index contributed by atoms with van der Waals surface area (Å²) in [4.78, 5) is 0. The monoisotopic (exact) mass is 434 g/mol. The number of nitrogens with zero attached hydrogens (tertiary/aromatic N) is 2. The first-order valence-corrected chi connectivity index (χ1v) is 12.0. The predicted molar refractivity (Wildman–Crippen MR) is 138 cm³/mol. The highest BCUT2D eigenvalue weighted by molar-refractivity contribution is 5.99. The Morgan fingerprint density at radius 3 is 1.36 bits per heavy atom. The Kier molecular flexibility index (Phi) is 5.72. The van der Waals surface area contributed by atoms with E-state index in [-0.39, 0.29) is 0 Å². The molecule has 0 N–H and O–H groups in total. The molecule has 0 aliphatic carbocycles. The maximum Gasteiger partial charge on any atom is 0.248 e. The van der Waals surface area contributed by atoms with E-state index in [0.717, 1.165) is 34.7 Å². The molecule has 166 valence electrons. The Balaban J connectivity index is 1.63. The minimum Gasteiger partial charge on any atom is -0.416 e. The molecule has 0 fully saturated rings. The number of rotatable bonds is 6. The third-order valence-electron chi connectivity index (χ3n) is 7.09. The molecule has 2 atom stereocenters. The smallest absolute Gasteiger partial charge is 0.248 e. The second kappa shape index (κ2) is 8.82. The van der Waals surface area contributed by atoms with Crippen molar-refractivity contribution in [2.24, 2.45) is 0 Å². The Bertz CT molecular complexity index is 1320. The lowest BCUT2D eigenvalue weighted by Gasteiger charge is -2.14. The lowest BCUT2D eigenvalue weighted by atomic mass is 9.91. The second-order valence-electron chi connectivity index (χ2n) is 9.03. The largest absolute Gasteiger partial charge is 0.416 e. The molecule has 3 nitrogen and oxygen atoms in total. The molecule has 0 amide bonds. The summed E-state index contributed by atoms with van der Waals surface area (Å²) in [6.07, 6.45) is 2.21. The molecule has 33 heavy (non-hydrogen) atoms. The number of aromatic nitrogens is 2. The van der Waals surface area contributed by atoms with Gasteiger partial charge in [-0.2, -0.15) is 0 Å². The van der Waals surface area contributed by atoms with E-state index < -0.39 is 0 Å². The molecule has 1 aromatic heterocycles. The van der Waals surface area contributed by atoms with E-state index >= 15 is 0 Å². The number of fused-ring (bicyclic) bond motifs is 2. The van der Waals surface area contributed by atoms with Crippen LogP contribution in [0.25, 0.3) is 44.5 Å². The van der Waals surface area contributed by atoms with Gasteiger partial charge in [0.05, 0.1) is 0 Å². The second-order valence-corrected chi connectivity index (χ2v) is 9.03. The summed E-state index contributed by atoms with van der Waals surface area (Å²) < 4.78 is 6.30. The van der Waals surface area contributed by atoms with Gasteiger partial charge in [0.1, 0.15) is 0 Å². The highest BCUT2D eigenvalue weighted by atomic mass is 16.4. The van der Waals surface area contributed by atoms with Gasteiger partial charge in [0.25, 0.3) is 0 Å². The van der Waals surface area contributed by atoms with Crippen LogP contribution in [0.3, 0.4) is 0 Å². The van der Waals surface area contributed by atoms with E-state index in [0.29, 0.717) is 23.6 Å².